The maximum absolute atomic E-state index is 12.7. The summed E-state index contributed by atoms with van der Waals surface area (Å²) in [5.41, 5.74) is -0.572. The summed E-state index contributed by atoms with van der Waals surface area (Å²) in [7, 11) is 0. The molecule has 2 amide bonds. The summed E-state index contributed by atoms with van der Waals surface area (Å²) in [4.78, 5) is 51.1. The van der Waals surface area contributed by atoms with Gasteiger partial charge in [-0.25, -0.2) is 4.79 Å². The third kappa shape index (κ3) is 8.26. The van der Waals surface area contributed by atoms with Crippen LogP contribution in [-0.2, 0) is 14.3 Å². The second kappa shape index (κ2) is 11.2. The van der Waals surface area contributed by atoms with E-state index < -0.39 is 11.7 Å². The third-order valence-electron chi connectivity index (χ3n) is 4.87. The number of ketones is 2. The molecular formula is C22H32N2O5S. The Morgan fingerprint density at radius 3 is 2.53 bits per heavy atom. The van der Waals surface area contributed by atoms with Crippen molar-refractivity contribution in [3.8, 4) is 0 Å². The summed E-state index contributed by atoms with van der Waals surface area (Å²) < 4.78 is 5.25. The third-order valence-corrected chi connectivity index (χ3v) is 5.78. The maximum atomic E-state index is 12.7. The number of carbonyl (C=O) groups excluding carboxylic acids is 4. The van der Waals surface area contributed by atoms with Crippen LogP contribution in [0.1, 0.15) is 75.4 Å². The van der Waals surface area contributed by atoms with Gasteiger partial charge in [0.1, 0.15) is 11.4 Å². The van der Waals surface area contributed by atoms with Crippen molar-refractivity contribution in [1.82, 2.24) is 10.2 Å². The zero-order valence-electron chi connectivity index (χ0n) is 18.1. The summed E-state index contributed by atoms with van der Waals surface area (Å²) in [6.07, 6.45) is 2.84. The Hall–Kier alpha value is -2.22. The Labute approximate surface area is 182 Å². The number of nitrogens with zero attached hydrogens (tertiary/aromatic N) is 1. The lowest BCUT2D eigenvalue weighted by Crippen LogP contribution is -2.50. The molecule has 0 bridgehead atoms. The molecule has 2 heterocycles. The number of thiophene rings is 1. The number of amides is 2. The highest BCUT2D eigenvalue weighted by molar-refractivity contribution is 7.12. The van der Waals surface area contributed by atoms with Crippen LogP contribution >= 0.6 is 11.3 Å². The van der Waals surface area contributed by atoms with Crippen LogP contribution in [0.15, 0.2) is 17.5 Å². The molecule has 1 aliphatic heterocycles. The average molecular weight is 437 g/mol. The fraction of sp³-hybridized carbons (Fsp3) is 0.636. The summed E-state index contributed by atoms with van der Waals surface area (Å²) in [5.74, 6) is -0.189. The summed E-state index contributed by atoms with van der Waals surface area (Å²) in [6.45, 7) is 6.37. The van der Waals surface area contributed by atoms with Crippen molar-refractivity contribution in [2.75, 3.05) is 13.1 Å². The lowest BCUT2D eigenvalue weighted by molar-refractivity contribution is -0.136. The quantitative estimate of drug-likeness (QED) is 0.591. The number of hydrogen-bond acceptors (Lipinski definition) is 6. The van der Waals surface area contributed by atoms with Gasteiger partial charge >= 0.3 is 6.09 Å². The van der Waals surface area contributed by atoms with E-state index in [-0.39, 0.29) is 49.2 Å². The van der Waals surface area contributed by atoms with Gasteiger partial charge in [0.2, 0.25) is 5.91 Å². The minimum absolute atomic E-state index is 0.0333. The normalized spacial score (nSPS) is 16.8. The number of hydrogen-bond donors (Lipinski definition) is 1. The minimum Gasteiger partial charge on any atom is -0.444 e. The molecule has 0 spiro atoms. The first kappa shape index (κ1) is 24.1. The zero-order valence-corrected chi connectivity index (χ0v) is 18.9. The molecule has 8 heteroatoms. The molecule has 0 saturated carbocycles. The van der Waals surface area contributed by atoms with Gasteiger partial charge in [0.05, 0.1) is 4.88 Å². The van der Waals surface area contributed by atoms with E-state index in [4.69, 9.17) is 4.74 Å². The molecule has 1 unspecified atom stereocenters. The van der Waals surface area contributed by atoms with Gasteiger partial charge in [0, 0.05) is 44.8 Å². The van der Waals surface area contributed by atoms with Crippen molar-refractivity contribution in [2.45, 2.75) is 77.4 Å². The van der Waals surface area contributed by atoms with E-state index in [1.54, 1.807) is 31.7 Å². The second-order valence-corrected chi connectivity index (χ2v) is 9.51. The maximum Gasteiger partial charge on any atom is 0.407 e. The molecule has 0 aliphatic carbocycles. The van der Waals surface area contributed by atoms with E-state index in [2.05, 4.69) is 5.32 Å². The summed E-state index contributed by atoms with van der Waals surface area (Å²) in [5, 5.41) is 4.58. The Kier molecular flexibility index (Phi) is 9.02. The van der Waals surface area contributed by atoms with Crippen LogP contribution in [0, 0.1) is 0 Å². The predicted octanol–water partition coefficient (Wildman–Crippen LogP) is 3.97. The molecule has 1 aromatic rings. The smallest absolute Gasteiger partial charge is 0.407 e. The Morgan fingerprint density at radius 1 is 1.13 bits per heavy atom. The average Bonchev–Trinajstić information content (AvgIpc) is 3.22. The van der Waals surface area contributed by atoms with Gasteiger partial charge < -0.3 is 15.0 Å². The molecule has 1 aromatic heterocycles. The van der Waals surface area contributed by atoms with Gasteiger partial charge in [-0.05, 0) is 51.5 Å². The van der Waals surface area contributed by atoms with Gasteiger partial charge in [-0.1, -0.05) is 6.07 Å². The van der Waals surface area contributed by atoms with Crippen molar-refractivity contribution < 1.29 is 23.9 Å². The first-order valence-corrected chi connectivity index (χ1v) is 11.4. The first-order chi connectivity index (χ1) is 14.2. The number of rotatable bonds is 9. The number of ether oxygens (including phenoxy) is 1. The molecule has 1 atom stereocenters. The number of Topliss-reactive ketones (excluding diaryl/α,β-unsaturated/α-hetero) is 2. The van der Waals surface area contributed by atoms with Crippen LogP contribution in [0.3, 0.4) is 0 Å². The molecule has 1 N–H and O–H groups in total. The SMILES string of the molecule is CC(C)(C)OC(=O)NCC1CCCCN1C(=O)CCC(=O)CCC(=O)c1cccs1. The van der Waals surface area contributed by atoms with Crippen molar-refractivity contribution in [3.05, 3.63) is 22.4 Å². The van der Waals surface area contributed by atoms with Crippen LogP contribution in [0.2, 0.25) is 0 Å². The van der Waals surface area contributed by atoms with Crippen LogP contribution in [0.25, 0.3) is 0 Å². The molecule has 0 radical (unpaired) electrons. The van der Waals surface area contributed by atoms with Gasteiger partial charge in [0.15, 0.2) is 5.78 Å². The van der Waals surface area contributed by atoms with E-state index in [0.717, 1.165) is 19.3 Å². The predicted molar refractivity (Wildman–Crippen MR) is 116 cm³/mol. The number of alkyl carbamates (subject to hydrolysis) is 1. The number of nitrogens with one attached hydrogen (secondary N) is 1. The lowest BCUT2D eigenvalue weighted by Gasteiger charge is -2.36. The molecule has 2 rings (SSSR count). The largest absolute Gasteiger partial charge is 0.444 e. The molecule has 7 nitrogen and oxygen atoms in total. The monoisotopic (exact) mass is 436 g/mol. The van der Waals surface area contributed by atoms with E-state index in [1.165, 1.54) is 11.3 Å². The number of carbonyl (C=O) groups is 4. The first-order valence-electron chi connectivity index (χ1n) is 10.5. The Balaban J connectivity index is 1.75. The highest BCUT2D eigenvalue weighted by atomic mass is 32.1. The molecule has 1 aliphatic rings. The van der Waals surface area contributed by atoms with Crippen molar-refractivity contribution in [1.29, 1.82) is 0 Å². The minimum atomic E-state index is -0.572. The Morgan fingerprint density at radius 2 is 1.87 bits per heavy atom. The van der Waals surface area contributed by atoms with Crippen LogP contribution in [-0.4, -0.2) is 53.2 Å². The molecule has 166 valence electrons. The number of piperidine rings is 1. The van der Waals surface area contributed by atoms with Gasteiger partial charge in [-0.3, -0.25) is 14.4 Å². The fourth-order valence-corrected chi connectivity index (χ4v) is 4.08. The molecule has 1 fully saturated rings. The summed E-state index contributed by atoms with van der Waals surface area (Å²) >= 11 is 1.37. The van der Waals surface area contributed by atoms with Gasteiger partial charge in [-0.2, -0.15) is 0 Å². The molecule has 30 heavy (non-hydrogen) atoms. The fourth-order valence-electron chi connectivity index (χ4n) is 3.38. The second-order valence-electron chi connectivity index (χ2n) is 8.56. The standard InChI is InChI=1S/C22H32N2O5S/c1-22(2,3)29-21(28)23-15-16-7-4-5-13-24(16)20(27)12-10-17(25)9-11-18(26)19-8-6-14-30-19/h6,8,14,16H,4-5,7,9-13,15H2,1-3H3,(H,23,28). The topological polar surface area (TPSA) is 92.8 Å². The summed E-state index contributed by atoms with van der Waals surface area (Å²) in [6, 6.07) is 3.47. The lowest BCUT2D eigenvalue weighted by atomic mass is 10.0. The van der Waals surface area contributed by atoms with Crippen molar-refractivity contribution >= 4 is 34.9 Å². The van der Waals surface area contributed by atoms with Crippen LogP contribution < -0.4 is 5.32 Å². The zero-order chi connectivity index (χ0) is 22.1. The molecular weight excluding hydrogens is 404 g/mol. The van der Waals surface area contributed by atoms with Gasteiger partial charge in [-0.15, -0.1) is 11.3 Å². The van der Waals surface area contributed by atoms with E-state index >= 15 is 0 Å². The van der Waals surface area contributed by atoms with Crippen LogP contribution in [0.4, 0.5) is 4.79 Å². The number of likely N-dealkylation sites (tertiary alicyclic amines) is 1. The highest BCUT2D eigenvalue weighted by Gasteiger charge is 2.28. The van der Waals surface area contributed by atoms with Crippen molar-refractivity contribution in [2.24, 2.45) is 0 Å². The Bertz CT molecular complexity index is 739. The van der Waals surface area contributed by atoms with E-state index in [1.807, 2.05) is 11.4 Å². The van der Waals surface area contributed by atoms with E-state index in [9.17, 15) is 19.2 Å². The van der Waals surface area contributed by atoms with E-state index in [0.29, 0.717) is 18.0 Å². The highest BCUT2D eigenvalue weighted by Crippen LogP contribution is 2.19. The van der Waals surface area contributed by atoms with Gasteiger partial charge in [0.25, 0.3) is 0 Å². The molecule has 1 saturated heterocycles. The van der Waals surface area contributed by atoms with Crippen molar-refractivity contribution in [3.63, 3.8) is 0 Å². The van der Waals surface area contributed by atoms with Crippen LogP contribution in [0.5, 0.6) is 0 Å². The molecule has 0 aromatic carbocycles.